The second-order valence-electron chi connectivity index (χ2n) is 4.07. The fraction of sp³-hybridized carbons (Fsp3) is 0.417. The molecule has 0 saturated carbocycles. The molecule has 1 aromatic carbocycles. The van der Waals surface area contributed by atoms with E-state index < -0.39 is 11.9 Å². The summed E-state index contributed by atoms with van der Waals surface area (Å²) in [5.41, 5.74) is 6.33. The third-order valence-electron chi connectivity index (χ3n) is 2.69. The Morgan fingerprint density at radius 3 is 2.78 bits per heavy atom. The predicted molar refractivity (Wildman–Crippen MR) is 72.2 cm³/mol. The fourth-order valence-corrected chi connectivity index (χ4v) is 1.63. The maximum absolute atomic E-state index is 13.1. The van der Waals surface area contributed by atoms with Crippen molar-refractivity contribution in [1.82, 2.24) is 4.90 Å². The van der Waals surface area contributed by atoms with E-state index >= 15 is 0 Å². The van der Waals surface area contributed by atoms with Crippen LogP contribution in [0.3, 0.4) is 0 Å². The number of anilines is 2. The Hall–Kier alpha value is -1.49. The fourth-order valence-electron chi connectivity index (χ4n) is 1.47. The van der Waals surface area contributed by atoms with Crippen LogP contribution in [-0.4, -0.2) is 30.4 Å². The number of nitrogens with one attached hydrogen (secondary N) is 1. The van der Waals surface area contributed by atoms with Crippen LogP contribution >= 0.6 is 11.6 Å². The van der Waals surface area contributed by atoms with Gasteiger partial charge in [0.25, 0.3) is 0 Å². The number of hydrogen-bond donors (Lipinski definition) is 2. The summed E-state index contributed by atoms with van der Waals surface area (Å²) < 4.78 is 13.1. The average molecular weight is 274 g/mol. The molecule has 1 unspecified atom stereocenters. The first-order valence-electron chi connectivity index (χ1n) is 5.62. The minimum absolute atomic E-state index is 0.0322. The number of nitrogens with zero attached hydrogens (tertiary/aromatic N) is 1. The smallest absolute Gasteiger partial charge is 0.244 e. The molecule has 1 atom stereocenters. The largest absolute Gasteiger partial charge is 0.397 e. The number of amides is 1. The maximum Gasteiger partial charge on any atom is 0.244 e. The van der Waals surface area contributed by atoms with Gasteiger partial charge in [0.15, 0.2) is 0 Å². The molecule has 4 nitrogen and oxygen atoms in total. The molecule has 1 amide bonds. The molecular formula is C12H17ClFN3O. The highest BCUT2D eigenvalue weighted by atomic mass is 35.5. The molecule has 0 aliphatic heterocycles. The number of hydrogen-bond acceptors (Lipinski definition) is 3. The number of nitrogen functional groups attached to an aromatic ring is 1. The molecule has 0 radical (unpaired) electrons. The van der Waals surface area contributed by atoms with Crippen LogP contribution in [0, 0.1) is 5.82 Å². The third kappa shape index (κ3) is 3.26. The second kappa shape index (κ2) is 5.91. The quantitative estimate of drug-likeness (QED) is 0.828. The first-order chi connectivity index (χ1) is 8.36. The van der Waals surface area contributed by atoms with Crippen LogP contribution in [0.2, 0.25) is 5.02 Å². The highest BCUT2D eigenvalue weighted by molar-refractivity contribution is 6.31. The van der Waals surface area contributed by atoms with Gasteiger partial charge in [-0.25, -0.2) is 4.39 Å². The molecule has 0 aromatic heterocycles. The van der Waals surface area contributed by atoms with Gasteiger partial charge in [0.05, 0.1) is 16.4 Å². The molecule has 3 N–H and O–H groups in total. The highest BCUT2D eigenvalue weighted by Crippen LogP contribution is 2.26. The zero-order valence-corrected chi connectivity index (χ0v) is 11.4. The lowest BCUT2D eigenvalue weighted by Crippen LogP contribution is -2.38. The van der Waals surface area contributed by atoms with E-state index in [0.717, 1.165) is 6.07 Å². The first kappa shape index (κ1) is 14.6. The normalized spacial score (nSPS) is 12.1. The minimum atomic E-state index is -0.579. The Morgan fingerprint density at radius 1 is 1.61 bits per heavy atom. The molecule has 0 heterocycles. The van der Waals surface area contributed by atoms with Crippen LogP contribution in [0.15, 0.2) is 12.1 Å². The summed E-state index contributed by atoms with van der Waals surface area (Å²) in [6, 6.07) is 2.05. The van der Waals surface area contributed by atoms with Crippen LogP contribution in [0.5, 0.6) is 0 Å². The van der Waals surface area contributed by atoms with Gasteiger partial charge in [0.1, 0.15) is 11.9 Å². The van der Waals surface area contributed by atoms with Gasteiger partial charge in [-0.3, -0.25) is 4.79 Å². The first-order valence-corrected chi connectivity index (χ1v) is 6.00. The Labute approximate surface area is 111 Å². The van der Waals surface area contributed by atoms with Crippen molar-refractivity contribution in [2.24, 2.45) is 0 Å². The number of benzene rings is 1. The minimum Gasteiger partial charge on any atom is -0.397 e. The van der Waals surface area contributed by atoms with Crippen molar-refractivity contribution in [3.05, 3.63) is 23.0 Å². The second-order valence-corrected chi connectivity index (χ2v) is 4.48. The summed E-state index contributed by atoms with van der Waals surface area (Å²) in [6.07, 6.45) is 0. The van der Waals surface area contributed by atoms with Crippen molar-refractivity contribution < 1.29 is 9.18 Å². The van der Waals surface area contributed by atoms with E-state index in [-0.39, 0.29) is 16.6 Å². The summed E-state index contributed by atoms with van der Waals surface area (Å²) >= 11 is 5.67. The van der Waals surface area contributed by atoms with Crippen LogP contribution in [0.25, 0.3) is 0 Å². The Balaban J connectivity index is 2.85. The van der Waals surface area contributed by atoms with Crippen LogP contribution in [-0.2, 0) is 4.79 Å². The number of rotatable bonds is 4. The van der Waals surface area contributed by atoms with Gasteiger partial charge in [-0.2, -0.15) is 0 Å². The number of halogens is 2. The zero-order chi connectivity index (χ0) is 13.9. The Kier molecular flexibility index (Phi) is 4.78. The van der Waals surface area contributed by atoms with Crippen LogP contribution in [0.1, 0.15) is 13.8 Å². The lowest BCUT2D eigenvalue weighted by Gasteiger charge is -2.22. The van der Waals surface area contributed by atoms with Crippen LogP contribution < -0.4 is 11.1 Å². The standard InChI is InChI=1S/C12H17ClFN3O/c1-4-17(3)12(18)7(2)16-11-5-8(13)9(14)6-10(11)15/h5-7,16H,4,15H2,1-3H3. The van der Waals surface area contributed by atoms with Gasteiger partial charge in [-0.1, -0.05) is 11.6 Å². The van der Waals surface area contributed by atoms with Crippen LogP contribution in [0.4, 0.5) is 15.8 Å². The molecule has 0 spiro atoms. The van der Waals surface area contributed by atoms with E-state index in [0.29, 0.717) is 12.2 Å². The SMILES string of the molecule is CCN(C)C(=O)C(C)Nc1cc(Cl)c(F)cc1N. The van der Waals surface area contributed by atoms with Gasteiger partial charge >= 0.3 is 0 Å². The average Bonchev–Trinajstić information content (AvgIpc) is 2.33. The van der Waals surface area contributed by atoms with Gasteiger partial charge in [0, 0.05) is 19.7 Å². The predicted octanol–water partition coefficient (Wildman–Crippen LogP) is 2.34. The van der Waals surface area contributed by atoms with Crippen molar-refractivity contribution in [3.63, 3.8) is 0 Å². The topological polar surface area (TPSA) is 58.4 Å². The third-order valence-corrected chi connectivity index (χ3v) is 2.98. The molecule has 0 aliphatic carbocycles. The summed E-state index contributed by atoms with van der Waals surface area (Å²) in [5, 5.41) is 2.89. The van der Waals surface area contributed by atoms with E-state index in [4.69, 9.17) is 17.3 Å². The molecular weight excluding hydrogens is 257 g/mol. The zero-order valence-electron chi connectivity index (χ0n) is 10.6. The molecule has 18 heavy (non-hydrogen) atoms. The van der Waals surface area contributed by atoms with Gasteiger partial charge in [-0.05, 0) is 19.9 Å². The molecule has 0 bridgehead atoms. The number of likely N-dealkylation sites (N-methyl/N-ethyl adjacent to an activating group) is 1. The van der Waals surface area contributed by atoms with Crippen molar-refractivity contribution in [2.45, 2.75) is 19.9 Å². The number of carbonyl (C=O) groups is 1. The lowest BCUT2D eigenvalue weighted by molar-refractivity contribution is -0.130. The molecule has 0 aliphatic rings. The summed E-state index contributed by atoms with van der Waals surface area (Å²) in [6.45, 7) is 4.21. The van der Waals surface area contributed by atoms with Gasteiger partial charge in [0.2, 0.25) is 5.91 Å². The number of carbonyl (C=O) groups excluding carboxylic acids is 1. The molecule has 1 rings (SSSR count). The molecule has 0 fully saturated rings. The summed E-state index contributed by atoms with van der Waals surface area (Å²) in [7, 11) is 1.71. The summed E-state index contributed by atoms with van der Waals surface area (Å²) in [5.74, 6) is -0.651. The van der Waals surface area contributed by atoms with E-state index in [1.165, 1.54) is 6.07 Å². The van der Waals surface area contributed by atoms with E-state index in [1.807, 2.05) is 6.92 Å². The molecule has 6 heteroatoms. The van der Waals surface area contributed by atoms with Crippen molar-refractivity contribution in [1.29, 1.82) is 0 Å². The lowest BCUT2D eigenvalue weighted by atomic mass is 10.2. The highest BCUT2D eigenvalue weighted by Gasteiger charge is 2.17. The maximum atomic E-state index is 13.1. The van der Waals surface area contributed by atoms with E-state index in [1.54, 1.807) is 18.9 Å². The van der Waals surface area contributed by atoms with E-state index in [9.17, 15) is 9.18 Å². The van der Waals surface area contributed by atoms with Gasteiger partial charge in [-0.15, -0.1) is 0 Å². The Bertz CT molecular complexity index is 453. The molecule has 0 saturated heterocycles. The van der Waals surface area contributed by atoms with Crippen molar-refractivity contribution >= 4 is 28.9 Å². The monoisotopic (exact) mass is 273 g/mol. The molecule has 1 aromatic rings. The Morgan fingerprint density at radius 2 is 2.22 bits per heavy atom. The molecule has 100 valence electrons. The number of nitrogens with two attached hydrogens (primary N) is 1. The van der Waals surface area contributed by atoms with Crippen molar-refractivity contribution in [2.75, 3.05) is 24.6 Å². The van der Waals surface area contributed by atoms with Crippen molar-refractivity contribution in [3.8, 4) is 0 Å². The van der Waals surface area contributed by atoms with Gasteiger partial charge < -0.3 is 16.0 Å². The summed E-state index contributed by atoms with van der Waals surface area (Å²) in [4.78, 5) is 13.4. The van der Waals surface area contributed by atoms with E-state index in [2.05, 4.69) is 5.32 Å².